The predicted octanol–water partition coefficient (Wildman–Crippen LogP) is 13.9. The molecule has 0 aliphatic carbocycles. The number of benzene rings is 7. The summed E-state index contributed by atoms with van der Waals surface area (Å²) in [6.45, 7) is 8.54. The zero-order chi connectivity index (χ0) is 35.9. The number of hydrogen-bond acceptors (Lipinski definition) is 1. The van der Waals surface area contributed by atoms with Gasteiger partial charge in [0, 0.05) is 23.0 Å². The van der Waals surface area contributed by atoms with Crippen LogP contribution in [0.2, 0.25) is 0 Å². The summed E-state index contributed by atoms with van der Waals surface area (Å²) >= 11 is 0. The first-order valence-electron chi connectivity index (χ1n) is 18.1. The van der Waals surface area contributed by atoms with Crippen LogP contribution in [0.3, 0.4) is 0 Å². The fraction of sp³-hybridized carbons (Fsp3) is 0.0980. The van der Waals surface area contributed by atoms with Crippen molar-refractivity contribution in [2.24, 2.45) is 0 Å². The number of nitrogens with zero attached hydrogens (tertiary/aromatic N) is 1. The Kier molecular flexibility index (Phi) is 10.4. The van der Waals surface area contributed by atoms with Crippen LogP contribution < -0.4 is 4.90 Å². The summed E-state index contributed by atoms with van der Waals surface area (Å²) in [6, 6.07) is 61.8. The van der Waals surface area contributed by atoms with E-state index in [1.54, 1.807) is 0 Å². The summed E-state index contributed by atoms with van der Waals surface area (Å²) in [6.07, 6.45) is 8.74. The Hall–Kier alpha value is -6.18. The Balaban J connectivity index is 1.02. The minimum absolute atomic E-state index is 0.199. The molecule has 0 N–H and O–H groups in total. The molecule has 7 aromatic carbocycles. The zero-order valence-electron chi connectivity index (χ0n) is 30.5. The third kappa shape index (κ3) is 8.40. The molecular formula is C51H45N. The van der Waals surface area contributed by atoms with Crippen LogP contribution in [-0.4, -0.2) is 0 Å². The van der Waals surface area contributed by atoms with Gasteiger partial charge in [0.15, 0.2) is 0 Å². The van der Waals surface area contributed by atoms with Gasteiger partial charge in [-0.05, 0) is 103 Å². The molecule has 52 heavy (non-hydrogen) atoms. The number of hydrogen-bond donors (Lipinski definition) is 0. The zero-order valence-corrected chi connectivity index (χ0v) is 30.5. The summed E-state index contributed by atoms with van der Waals surface area (Å²) in [5.74, 6) is 0.199. The fourth-order valence-electron chi connectivity index (χ4n) is 6.57. The highest BCUT2D eigenvalue weighted by molar-refractivity contribution is 5.78. The topological polar surface area (TPSA) is 3.24 Å². The highest BCUT2D eigenvalue weighted by atomic mass is 15.1. The van der Waals surface area contributed by atoms with E-state index in [4.69, 9.17) is 0 Å². The Morgan fingerprint density at radius 3 is 0.808 bits per heavy atom. The predicted molar refractivity (Wildman–Crippen MR) is 225 cm³/mol. The molecule has 0 atom stereocenters. The average Bonchev–Trinajstić information content (AvgIpc) is 3.18. The summed E-state index contributed by atoms with van der Waals surface area (Å²) < 4.78 is 0. The minimum Gasteiger partial charge on any atom is -0.311 e. The Morgan fingerprint density at radius 1 is 0.288 bits per heavy atom. The molecule has 0 amide bonds. The molecule has 0 aromatic heterocycles. The lowest BCUT2D eigenvalue weighted by Crippen LogP contribution is -2.09. The van der Waals surface area contributed by atoms with Gasteiger partial charge < -0.3 is 4.90 Å². The van der Waals surface area contributed by atoms with Gasteiger partial charge in [-0.15, -0.1) is 0 Å². The molecule has 254 valence electrons. The third-order valence-corrected chi connectivity index (χ3v) is 9.70. The summed E-state index contributed by atoms with van der Waals surface area (Å²) in [5.41, 5.74) is 17.1. The molecule has 0 bridgehead atoms. The van der Waals surface area contributed by atoms with Crippen LogP contribution in [0.5, 0.6) is 0 Å². The van der Waals surface area contributed by atoms with E-state index in [0.29, 0.717) is 0 Å². The fourth-order valence-corrected chi connectivity index (χ4v) is 6.57. The molecule has 0 saturated heterocycles. The largest absolute Gasteiger partial charge is 0.311 e. The van der Waals surface area contributed by atoms with E-state index in [1.165, 1.54) is 55.6 Å². The van der Waals surface area contributed by atoms with Gasteiger partial charge in [0.25, 0.3) is 0 Å². The molecule has 0 heterocycles. The molecular weight excluding hydrogens is 627 g/mol. The van der Waals surface area contributed by atoms with Crippen LogP contribution in [0.4, 0.5) is 17.1 Å². The molecule has 0 aliphatic rings. The average molecular weight is 672 g/mol. The highest BCUT2D eigenvalue weighted by Crippen LogP contribution is 2.35. The second-order valence-corrected chi connectivity index (χ2v) is 13.9. The van der Waals surface area contributed by atoms with Crippen molar-refractivity contribution >= 4 is 41.4 Å². The Bertz CT molecular complexity index is 2000. The number of anilines is 3. The van der Waals surface area contributed by atoms with Crippen LogP contribution in [0.1, 0.15) is 67.1 Å². The summed E-state index contributed by atoms with van der Waals surface area (Å²) in [4.78, 5) is 2.31. The SMILES string of the molecule is Cc1ccc(C(c2ccc(C)cc2)c2ccc(C=Cc3ccc(C=Cc4ccc(N(c5ccc(C)cc5)c5ccc(C)cc5)cc4)cc3)cc2)cc1. The first-order valence-corrected chi connectivity index (χ1v) is 18.1. The van der Waals surface area contributed by atoms with E-state index in [0.717, 1.165) is 22.6 Å². The van der Waals surface area contributed by atoms with Crippen molar-refractivity contribution in [1.82, 2.24) is 0 Å². The Morgan fingerprint density at radius 2 is 0.500 bits per heavy atom. The minimum atomic E-state index is 0.199. The molecule has 7 rings (SSSR count). The summed E-state index contributed by atoms with van der Waals surface area (Å²) in [7, 11) is 0. The quantitative estimate of drug-likeness (QED) is 0.103. The van der Waals surface area contributed by atoms with Crippen LogP contribution >= 0.6 is 0 Å². The molecule has 0 fully saturated rings. The van der Waals surface area contributed by atoms with E-state index in [1.807, 2.05) is 0 Å². The monoisotopic (exact) mass is 671 g/mol. The van der Waals surface area contributed by atoms with E-state index < -0.39 is 0 Å². The smallest absolute Gasteiger partial charge is 0.0462 e. The van der Waals surface area contributed by atoms with Gasteiger partial charge in [-0.25, -0.2) is 0 Å². The van der Waals surface area contributed by atoms with Gasteiger partial charge in [0.1, 0.15) is 0 Å². The molecule has 0 aliphatic heterocycles. The molecule has 0 spiro atoms. The van der Waals surface area contributed by atoms with Crippen molar-refractivity contribution in [1.29, 1.82) is 0 Å². The first-order chi connectivity index (χ1) is 25.4. The lowest BCUT2D eigenvalue weighted by atomic mass is 9.84. The van der Waals surface area contributed by atoms with Crippen molar-refractivity contribution < 1.29 is 0 Å². The van der Waals surface area contributed by atoms with Crippen molar-refractivity contribution in [3.8, 4) is 0 Å². The van der Waals surface area contributed by atoms with Crippen LogP contribution in [0.25, 0.3) is 24.3 Å². The van der Waals surface area contributed by atoms with Gasteiger partial charge >= 0.3 is 0 Å². The molecule has 1 heteroatoms. The van der Waals surface area contributed by atoms with Crippen molar-refractivity contribution in [3.63, 3.8) is 0 Å². The maximum Gasteiger partial charge on any atom is 0.0462 e. The lowest BCUT2D eigenvalue weighted by Gasteiger charge is -2.25. The maximum absolute atomic E-state index is 2.31. The number of rotatable bonds is 10. The van der Waals surface area contributed by atoms with Gasteiger partial charge in [-0.2, -0.15) is 0 Å². The molecule has 7 aromatic rings. The van der Waals surface area contributed by atoms with Gasteiger partial charge in [0.05, 0.1) is 0 Å². The van der Waals surface area contributed by atoms with E-state index in [9.17, 15) is 0 Å². The second-order valence-electron chi connectivity index (χ2n) is 13.9. The highest BCUT2D eigenvalue weighted by Gasteiger charge is 2.17. The second kappa shape index (κ2) is 15.8. The third-order valence-electron chi connectivity index (χ3n) is 9.70. The van der Waals surface area contributed by atoms with E-state index >= 15 is 0 Å². The van der Waals surface area contributed by atoms with Crippen molar-refractivity contribution in [3.05, 3.63) is 231 Å². The lowest BCUT2D eigenvalue weighted by molar-refractivity contribution is 0.974. The van der Waals surface area contributed by atoms with Gasteiger partial charge in [-0.1, -0.05) is 180 Å². The maximum atomic E-state index is 2.31. The molecule has 0 saturated carbocycles. The van der Waals surface area contributed by atoms with E-state index in [-0.39, 0.29) is 5.92 Å². The van der Waals surface area contributed by atoms with Crippen molar-refractivity contribution in [2.75, 3.05) is 4.90 Å². The molecule has 0 radical (unpaired) electrons. The van der Waals surface area contributed by atoms with Gasteiger partial charge in [-0.3, -0.25) is 0 Å². The summed E-state index contributed by atoms with van der Waals surface area (Å²) in [5, 5.41) is 0. The molecule has 1 nitrogen and oxygen atoms in total. The first kappa shape index (κ1) is 34.3. The van der Waals surface area contributed by atoms with Crippen LogP contribution in [0, 0.1) is 27.7 Å². The molecule has 0 unspecified atom stereocenters. The number of aryl methyl sites for hydroxylation is 4. The van der Waals surface area contributed by atoms with Gasteiger partial charge in [0.2, 0.25) is 0 Å². The Labute approximate surface area is 309 Å². The van der Waals surface area contributed by atoms with Crippen molar-refractivity contribution in [2.45, 2.75) is 33.6 Å². The van der Waals surface area contributed by atoms with E-state index in [2.05, 4.69) is 227 Å². The standard InChI is InChI=1S/C51H45N/c1-37-5-25-45(26-6-37)51(46-27-7-38(2)8-28-46)47-29-21-43(22-30-47)19-17-41-13-15-42(16-14-41)18-20-44-23-35-50(36-24-44)52(48-31-9-39(3)10-32-48)49-33-11-40(4)12-34-49/h5-36,51H,1-4H3. The van der Waals surface area contributed by atoms with Crippen LogP contribution in [-0.2, 0) is 0 Å². The van der Waals surface area contributed by atoms with Crippen LogP contribution in [0.15, 0.2) is 170 Å². The normalized spacial score (nSPS) is 11.5.